The van der Waals surface area contributed by atoms with Crippen LogP contribution < -0.4 is 5.32 Å². The summed E-state index contributed by atoms with van der Waals surface area (Å²) in [5.41, 5.74) is 2.05. The molecule has 0 aliphatic rings. The fraction of sp³-hybridized carbons (Fsp3) is 0.154. The zero-order chi connectivity index (χ0) is 13.2. The Bertz CT molecular complexity index is 705. The van der Waals surface area contributed by atoms with Crippen LogP contribution >= 0.6 is 11.6 Å². The van der Waals surface area contributed by atoms with Crippen molar-refractivity contribution in [3.05, 3.63) is 52.9 Å². The Morgan fingerprint density at radius 3 is 2.84 bits per heavy atom. The molecule has 0 atom stereocenters. The second kappa shape index (κ2) is 4.85. The van der Waals surface area contributed by atoms with Gasteiger partial charge in [-0.05, 0) is 24.6 Å². The first-order valence-electron chi connectivity index (χ1n) is 5.88. The van der Waals surface area contributed by atoms with Crippen LogP contribution in [0.4, 0.5) is 5.82 Å². The monoisotopic (exact) mass is 273 g/mol. The smallest absolute Gasteiger partial charge is 0.254 e. The van der Waals surface area contributed by atoms with Gasteiger partial charge in [0.05, 0.1) is 0 Å². The number of nitrogens with one attached hydrogen (secondary N) is 1. The van der Waals surface area contributed by atoms with Crippen LogP contribution in [-0.4, -0.2) is 19.6 Å². The van der Waals surface area contributed by atoms with Crippen molar-refractivity contribution in [1.29, 1.82) is 0 Å². The van der Waals surface area contributed by atoms with Crippen LogP contribution in [0.5, 0.6) is 0 Å². The number of rotatable bonds is 3. The van der Waals surface area contributed by atoms with E-state index in [1.165, 1.54) is 6.33 Å². The Labute approximate surface area is 115 Å². The van der Waals surface area contributed by atoms with Gasteiger partial charge in [0, 0.05) is 23.3 Å². The van der Waals surface area contributed by atoms with Gasteiger partial charge in [-0.1, -0.05) is 23.7 Å². The SMILES string of the molecule is Cc1cc(NCc2ccc(Cl)cc2)n2ncnc2n1. The average Bonchev–Trinajstić information content (AvgIpc) is 2.85. The minimum absolute atomic E-state index is 0.596. The fourth-order valence-electron chi connectivity index (χ4n) is 1.85. The molecule has 0 aliphatic carbocycles. The number of anilines is 1. The van der Waals surface area contributed by atoms with Crippen molar-refractivity contribution >= 4 is 23.2 Å². The highest BCUT2D eigenvalue weighted by molar-refractivity contribution is 6.30. The molecule has 2 aromatic heterocycles. The molecule has 0 radical (unpaired) electrons. The molecule has 2 heterocycles. The van der Waals surface area contributed by atoms with E-state index in [2.05, 4.69) is 20.4 Å². The Balaban J connectivity index is 1.85. The second-order valence-electron chi connectivity index (χ2n) is 4.23. The summed E-state index contributed by atoms with van der Waals surface area (Å²) in [5.74, 6) is 1.47. The summed E-state index contributed by atoms with van der Waals surface area (Å²) in [7, 11) is 0. The molecule has 0 fully saturated rings. The van der Waals surface area contributed by atoms with Crippen LogP contribution in [-0.2, 0) is 6.54 Å². The van der Waals surface area contributed by atoms with E-state index < -0.39 is 0 Å². The fourth-order valence-corrected chi connectivity index (χ4v) is 1.98. The van der Waals surface area contributed by atoms with Gasteiger partial charge in [0.15, 0.2) is 0 Å². The second-order valence-corrected chi connectivity index (χ2v) is 4.67. The minimum Gasteiger partial charge on any atom is -0.366 e. The van der Waals surface area contributed by atoms with Gasteiger partial charge in [-0.15, -0.1) is 0 Å². The van der Waals surface area contributed by atoms with Crippen molar-refractivity contribution in [3.63, 3.8) is 0 Å². The first kappa shape index (κ1) is 11.9. The maximum absolute atomic E-state index is 5.86. The summed E-state index contributed by atoms with van der Waals surface area (Å²) in [6, 6.07) is 9.67. The molecule has 19 heavy (non-hydrogen) atoms. The number of aromatic nitrogens is 4. The van der Waals surface area contributed by atoms with Crippen LogP contribution in [0, 0.1) is 6.92 Å². The number of hydrogen-bond acceptors (Lipinski definition) is 4. The molecule has 3 aromatic rings. The predicted octanol–water partition coefficient (Wildman–Crippen LogP) is 2.70. The Hall–Kier alpha value is -2.14. The van der Waals surface area contributed by atoms with Crippen LogP contribution in [0.15, 0.2) is 36.7 Å². The first-order valence-corrected chi connectivity index (χ1v) is 6.26. The summed E-state index contributed by atoms with van der Waals surface area (Å²) in [6.07, 6.45) is 1.50. The molecule has 0 unspecified atom stereocenters. The van der Waals surface area contributed by atoms with Gasteiger partial charge in [-0.2, -0.15) is 14.6 Å². The van der Waals surface area contributed by atoms with Crippen LogP contribution in [0.3, 0.4) is 0 Å². The van der Waals surface area contributed by atoms with Crippen molar-refractivity contribution in [2.75, 3.05) is 5.32 Å². The summed E-state index contributed by atoms with van der Waals surface area (Å²) in [5, 5.41) is 8.21. The number of nitrogens with zero attached hydrogens (tertiary/aromatic N) is 4. The van der Waals surface area contributed by atoms with E-state index in [9.17, 15) is 0 Å². The topological polar surface area (TPSA) is 55.1 Å². The molecule has 96 valence electrons. The zero-order valence-electron chi connectivity index (χ0n) is 10.3. The van der Waals surface area contributed by atoms with Gasteiger partial charge in [-0.3, -0.25) is 0 Å². The molecule has 0 saturated heterocycles. The molecule has 0 amide bonds. The predicted molar refractivity (Wildman–Crippen MR) is 74.3 cm³/mol. The normalized spacial score (nSPS) is 10.8. The molecule has 0 aliphatic heterocycles. The highest BCUT2D eigenvalue weighted by atomic mass is 35.5. The summed E-state index contributed by atoms with van der Waals surface area (Å²) >= 11 is 5.86. The lowest BCUT2D eigenvalue weighted by atomic mass is 10.2. The summed E-state index contributed by atoms with van der Waals surface area (Å²) in [6.45, 7) is 2.62. The lowest BCUT2D eigenvalue weighted by Crippen LogP contribution is -2.06. The number of hydrogen-bond donors (Lipinski definition) is 1. The third-order valence-electron chi connectivity index (χ3n) is 2.77. The lowest BCUT2D eigenvalue weighted by molar-refractivity contribution is 0.916. The van der Waals surface area contributed by atoms with E-state index in [1.54, 1.807) is 4.52 Å². The molecular formula is C13H12ClN5. The third kappa shape index (κ3) is 2.51. The van der Waals surface area contributed by atoms with E-state index >= 15 is 0 Å². The molecule has 1 N–H and O–H groups in total. The molecule has 5 nitrogen and oxygen atoms in total. The van der Waals surface area contributed by atoms with Gasteiger partial charge in [-0.25, -0.2) is 4.98 Å². The van der Waals surface area contributed by atoms with Crippen molar-refractivity contribution < 1.29 is 0 Å². The molecule has 0 bridgehead atoms. The number of fused-ring (bicyclic) bond motifs is 1. The largest absolute Gasteiger partial charge is 0.366 e. The Morgan fingerprint density at radius 1 is 1.26 bits per heavy atom. The van der Waals surface area contributed by atoms with Gasteiger partial charge in [0.1, 0.15) is 12.1 Å². The maximum atomic E-state index is 5.86. The number of aryl methyl sites for hydroxylation is 1. The minimum atomic E-state index is 0.596. The standard InChI is InChI=1S/C13H12ClN5/c1-9-6-12(19-13(18-9)16-8-17-19)15-7-10-2-4-11(14)5-3-10/h2-6,8,15H,7H2,1H3. The van der Waals surface area contributed by atoms with Crippen molar-refractivity contribution in [3.8, 4) is 0 Å². The third-order valence-corrected chi connectivity index (χ3v) is 3.02. The van der Waals surface area contributed by atoms with Crippen molar-refractivity contribution in [2.24, 2.45) is 0 Å². The van der Waals surface area contributed by atoms with Crippen molar-refractivity contribution in [2.45, 2.75) is 13.5 Å². The maximum Gasteiger partial charge on any atom is 0.254 e. The molecular weight excluding hydrogens is 262 g/mol. The van der Waals surface area contributed by atoms with E-state index in [-0.39, 0.29) is 0 Å². The zero-order valence-corrected chi connectivity index (χ0v) is 11.1. The van der Waals surface area contributed by atoms with Crippen LogP contribution in [0.25, 0.3) is 5.78 Å². The summed E-state index contributed by atoms with van der Waals surface area (Å²) < 4.78 is 1.68. The number of benzene rings is 1. The Kier molecular flexibility index (Phi) is 3.05. The number of halogens is 1. The summed E-state index contributed by atoms with van der Waals surface area (Å²) in [4.78, 5) is 8.38. The quantitative estimate of drug-likeness (QED) is 0.797. The molecule has 3 rings (SSSR count). The molecule has 6 heteroatoms. The van der Waals surface area contributed by atoms with Gasteiger partial charge >= 0.3 is 0 Å². The van der Waals surface area contributed by atoms with Crippen LogP contribution in [0.1, 0.15) is 11.3 Å². The lowest BCUT2D eigenvalue weighted by Gasteiger charge is -2.08. The van der Waals surface area contributed by atoms with E-state index in [0.717, 1.165) is 22.1 Å². The van der Waals surface area contributed by atoms with Gasteiger partial charge < -0.3 is 5.32 Å². The van der Waals surface area contributed by atoms with Gasteiger partial charge in [0.2, 0.25) is 0 Å². The molecule has 0 spiro atoms. The highest BCUT2D eigenvalue weighted by Gasteiger charge is 2.05. The van der Waals surface area contributed by atoms with E-state index in [4.69, 9.17) is 11.6 Å². The van der Waals surface area contributed by atoms with E-state index in [0.29, 0.717) is 12.3 Å². The van der Waals surface area contributed by atoms with Crippen LogP contribution in [0.2, 0.25) is 5.02 Å². The Morgan fingerprint density at radius 2 is 2.05 bits per heavy atom. The van der Waals surface area contributed by atoms with E-state index in [1.807, 2.05) is 37.3 Å². The van der Waals surface area contributed by atoms with Gasteiger partial charge in [0.25, 0.3) is 5.78 Å². The molecule has 1 aromatic carbocycles. The molecule has 0 saturated carbocycles. The van der Waals surface area contributed by atoms with Crippen molar-refractivity contribution in [1.82, 2.24) is 19.6 Å². The highest BCUT2D eigenvalue weighted by Crippen LogP contribution is 2.13. The average molecular weight is 274 g/mol. The first-order chi connectivity index (χ1) is 9.22.